The van der Waals surface area contributed by atoms with Crippen molar-refractivity contribution < 1.29 is 9.53 Å². The molecular weight excluding hydrogens is 410 g/mol. The molecule has 0 aliphatic rings. The molecule has 0 saturated carbocycles. The van der Waals surface area contributed by atoms with Crippen molar-refractivity contribution in [3.63, 3.8) is 0 Å². The molecule has 1 aromatic heterocycles. The van der Waals surface area contributed by atoms with E-state index in [-0.39, 0.29) is 18.3 Å². The molecule has 0 saturated heterocycles. The normalized spacial score (nSPS) is 10.9. The zero-order valence-corrected chi connectivity index (χ0v) is 19.5. The van der Waals surface area contributed by atoms with Gasteiger partial charge in [-0.3, -0.25) is 4.79 Å². The molecular formula is C23H29N5O2S. The average Bonchev–Trinajstić information content (AvgIpc) is 3.07. The molecule has 2 N–H and O–H groups in total. The maximum atomic E-state index is 12.6. The van der Waals surface area contributed by atoms with Crippen molar-refractivity contribution in [2.24, 2.45) is 0 Å². The molecule has 31 heavy (non-hydrogen) atoms. The fourth-order valence-electron chi connectivity index (χ4n) is 3.21. The predicted octanol–water partition coefficient (Wildman–Crippen LogP) is 3.56. The summed E-state index contributed by atoms with van der Waals surface area (Å²) in [5.41, 5.74) is 5.76. The number of thioether (sulfide) groups is 1. The smallest absolute Gasteiger partial charge is 0.233 e. The van der Waals surface area contributed by atoms with Crippen molar-refractivity contribution in [2.45, 2.75) is 46.0 Å². The Labute approximate surface area is 187 Å². The van der Waals surface area contributed by atoms with Crippen LogP contribution < -0.4 is 10.6 Å². The van der Waals surface area contributed by atoms with Crippen molar-refractivity contribution in [2.75, 3.05) is 18.6 Å². The largest absolute Gasteiger partial charge is 0.485 e. The number of aryl methyl sites for hydroxylation is 4. The van der Waals surface area contributed by atoms with Crippen LogP contribution in [0.5, 0.6) is 5.75 Å². The minimum absolute atomic E-state index is 0.000977. The SMILES string of the molecule is Cc1ccc(CN(C)C(=O)CSc2nnc(COc3ccc(C)cc3C)n2N)c(C)c1. The monoisotopic (exact) mass is 439 g/mol. The van der Waals surface area contributed by atoms with Gasteiger partial charge in [0.25, 0.3) is 0 Å². The number of nitrogen functional groups attached to an aromatic ring is 1. The molecule has 0 bridgehead atoms. The third kappa shape index (κ3) is 5.79. The highest BCUT2D eigenvalue weighted by Gasteiger charge is 2.16. The molecule has 164 valence electrons. The zero-order valence-electron chi connectivity index (χ0n) is 18.7. The second-order valence-corrected chi connectivity index (χ2v) is 8.74. The van der Waals surface area contributed by atoms with Gasteiger partial charge in [-0.15, -0.1) is 10.2 Å². The van der Waals surface area contributed by atoms with E-state index in [9.17, 15) is 4.79 Å². The van der Waals surface area contributed by atoms with Crippen LogP contribution in [0.25, 0.3) is 0 Å². The Morgan fingerprint density at radius 2 is 1.74 bits per heavy atom. The summed E-state index contributed by atoms with van der Waals surface area (Å²) in [4.78, 5) is 14.3. The molecule has 0 unspecified atom stereocenters. The molecule has 8 heteroatoms. The van der Waals surface area contributed by atoms with Crippen LogP contribution in [0, 0.1) is 27.7 Å². The van der Waals surface area contributed by atoms with E-state index in [0.717, 1.165) is 16.9 Å². The van der Waals surface area contributed by atoms with E-state index >= 15 is 0 Å². The number of aromatic nitrogens is 3. The molecule has 1 heterocycles. The van der Waals surface area contributed by atoms with Crippen LogP contribution in [-0.2, 0) is 17.9 Å². The number of amides is 1. The van der Waals surface area contributed by atoms with Crippen molar-refractivity contribution in [3.05, 3.63) is 70.0 Å². The van der Waals surface area contributed by atoms with Gasteiger partial charge in [0.1, 0.15) is 12.4 Å². The summed E-state index contributed by atoms with van der Waals surface area (Å²) < 4.78 is 7.21. The molecule has 0 aliphatic carbocycles. The number of nitrogens with zero attached hydrogens (tertiary/aromatic N) is 4. The molecule has 2 aromatic carbocycles. The van der Waals surface area contributed by atoms with Crippen molar-refractivity contribution in [1.29, 1.82) is 0 Å². The van der Waals surface area contributed by atoms with Crippen LogP contribution in [0.4, 0.5) is 0 Å². The fraction of sp³-hybridized carbons (Fsp3) is 0.348. The van der Waals surface area contributed by atoms with E-state index in [1.807, 2.05) is 26.0 Å². The van der Waals surface area contributed by atoms with Crippen LogP contribution in [0.3, 0.4) is 0 Å². The third-order valence-corrected chi connectivity index (χ3v) is 6.01. The second kappa shape index (κ2) is 9.87. The summed E-state index contributed by atoms with van der Waals surface area (Å²) in [6, 6.07) is 12.2. The number of hydrogen-bond donors (Lipinski definition) is 1. The minimum atomic E-state index is 0.000977. The van der Waals surface area contributed by atoms with E-state index in [4.69, 9.17) is 10.6 Å². The molecule has 3 rings (SSSR count). The average molecular weight is 440 g/mol. The summed E-state index contributed by atoms with van der Waals surface area (Å²) in [6.07, 6.45) is 0. The fourth-order valence-corrected chi connectivity index (χ4v) is 4.03. The number of hydrogen-bond acceptors (Lipinski definition) is 6. The number of ether oxygens (including phenoxy) is 1. The predicted molar refractivity (Wildman–Crippen MR) is 124 cm³/mol. The third-order valence-electron chi connectivity index (χ3n) is 5.08. The van der Waals surface area contributed by atoms with Crippen LogP contribution in [0.1, 0.15) is 33.6 Å². The number of benzene rings is 2. The minimum Gasteiger partial charge on any atom is -0.485 e. The quantitative estimate of drug-likeness (QED) is 0.427. The Morgan fingerprint density at radius 3 is 2.42 bits per heavy atom. The van der Waals surface area contributed by atoms with Crippen LogP contribution in [0.15, 0.2) is 41.6 Å². The lowest BCUT2D eigenvalue weighted by atomic mass is 10.1. The van der Waals surface area contributed by atoms with E-state index in [2.05, 4.69) is 48.3 Å². The van der Waals surface area contributed by atoms with Gasteiger partial charge in [0.05, 0.1) is 5.75 Å². The van der Waals surface area contributed by atoms with E-state index in [1.165, 1.54) is 33.1 Å². The van der Waals surface area contributed by atoms with Crippen LogP contribution in [-0.4, -0.2) is 38.5 Å². The Kier molecular flexibility index (Phi) is 7.22. The first kappa shape index (κ1) is 22.7. The van der Waals surface area contributed by atoms with E-state index in [1.54, 1.807) is 11.9 Å². The molecule has 0 radical (unpaired) electrons. The maximum absolute atomic E-state index is 12.6. The highest BCUT2D eigenvalue weighted by Crippen LogP contribution is 2.21. The Morgan fingerprint density at radius 1 is 1.06 bits per heavy atom. The van der Waals surface area contributed by atoms with Crippen LogP contribution >= 0.6 is 11.8 Å². The number of carbonyl (C=O) groups is 1. The number of carbonyl (C=O) groups excluding carboxylic acids is 1. The van der Waals surface area contributed by atoms with Crippen molar-refractivity contribution in [1.82, 2.24) is 19.8 Å². The van der Waals surface area contributed by atoms with Crippen molar-refractivity contribution >= 4 is 17.7 Å². The summed E-state index contributed by atoms with van der Waals surface area (Å²) in [5, 5.41) is 8.69. The Bertz CT molecular complexity index is 1080. The van der Waals surface area contributed by atoms with Gasteiger partial charge in [-0.1, -0.05) is 53.2 Å². The first-order valence-corrected chi connectivity index (χ1v) is 11.1. The van der Waals surface area contributed by atoms with Gasteiger partial charge in [0.15, 0.2) is 5.82 Å². The van der Waals surface area contributed by atoms with Gasteiger partial charge < -0.3 is 15.5 Å². The van der Waals surface area contributed by atoms with Gasteiger partial charge in [0, 0.05) is 13.6 Å². The maximum Gasteiger partial charge on any atom is 0.233 e. The summed E-state index contributed by atoms with van der Waals surface area (Å²) in [5.74, 6) is 7.63. The van der Waals surface area contributed by atoms with Gasteiger partial charge >= 0.3 is 0 Å². The lowest BCUT2D eigenvalue weighted by Gasteiger charge is -2.18. The summed E-state index contributed by atoms with van der Waals surface area (Å²) in [6.45, 7) is 8.93. The molecule has 0 atom stereocenters. The first-order chi connectivity index (χ1) is 14.7. The first-order valence-electron chi connectivity index (χ1n) is 10.1. The Balaban J connectivity index is 1.54. The van der Waals surface area contributed by atoms with Crippen LogP contribution in [0.2, 0.25) is 0 Å². The van der Waals surface area contributed by atoms with E-state index < -0.39 is 0 Å². The number of nitrogens with two attached hydrogens (primary N) is 1. The molecule has 7 nitrogen and oxygen atoms in total. The highest BCUT2D eigenvalue weighted by atomic mass is 32.2. The Hall–Kier alpha value is -3.00. The molecule has 3 aromatic rings. The van der Waals surface area contributed by atoms with Gasteiger partial charge in [-0.25, -0.2) is 4.68 Å². The lowest BCUT2D eigenvalue weighted by Crippen LogP contribution is -2.28. The number of rotatable bonds is 8. The molecule has 0 spiro atoms. The van der Waals surface area contributed by atoms with Gasteiger partial charge in [0.2, 0.25) is 11.1 Å². The van der Waals surface area contributed by atoms with Gasteiger partial charge in [-0.05, 0) is 50.5 Å². The summed E-state index contributed by atoms with van der Waals surface area (Å²) in [7, 11) is 1.80. The topological polar surface area (TPSA) is 86.3 Å². The molecule has 0 aliphatic heterocycles. The van der Waals surface area contributed by atoms with E-state index in [0.29, 0.717) is 17.5 Å². The standard InChI is InChI=1S/C23H29N5O2S/c1-15-6-8-19(17(3)10-15)12-27(5)22(29)14-31-23-26-25-21(28(23)24)13-30-20-9-7-16(2)11-18(20)4/h6-11H,12-14,24H2,1-5H3. The highest BCUT2D eigenvalue weighted by molar-refractivity contribution is 7.99. The summed E-state index contributed by atoms with van der Waals surface area (Å²) >= 11 is 1.27. The molecule has 1 amide bonds. The second-order valence-electron chi connectivity index (χ2n) is 7.79. The van der Waals surface area contributed by atoms with Gasteiger partial charge in [-0.2, -0.15) is 0 Å². The zero-order chi connectivity index (χ0) is 22.5. The molecule has 0 fully saturated rings. The van der Waals surface area contributed by atoms with Crippen molar-refractivity contribution in [3.8, 4) is 5.75 Å². The lowest BCUT2D eigenvalue weighted by molar-refractivity contribution is -0.127.